The second-order valence-electron chi connectivity index (χ2n) is 7.70. The zero-order valence-corrected chi connectivity index (χ0v) is 16.5. The van der Waals surface area contributed by atoms with E-state index in [4.69, 9.17) is 0 Å². The highest BCUT2D eigenvalue weighted by molar-refractivity contribution is 6.22. The van der Waals surface area contributed by atoms with Crippen LogP contribution in [0.4, 0.5) is 24.5 Å². The fourth-order valence-electron chi connectivity index (χ4n) is 4.11. The number of hydrogen-bond donors (Lipinski definition) is 0. The molecule has 0 aliphatic carbocycles. The third kappa shape index (κ3) is 3.92. The van der Waals surface area contributed by atoms with Gasteiger partial charge in [0.05, 0.1) is 23.7 Å². The Hall–Kier alpha value is -2.87. The van der Waals surface area contributed by atoms with Crippen molar-refractivity contribution < 1.29 is 22.8 Å². The van der Waals surface area contributed by atoms with Crippen LogP contribution >= 0.6 is 0 Å². The molecule has 0 spiro atoms. The summed E-state index contributed by atoms with van der Waals surface area (Å²) in [5, 5.41) is 0. The normalized spacial score (nSPS) is 20.9. The molecular formula is C22H22F3N3O2. The molecule has 30 heavy (non-hydrogen) atoms. The van der Waals surface area contributed by atoms with Crippen LogP contribution < -0.4 is 9.80 Å². The van der Waals surface area contributed by atoms with Crippen LogP contribution in [0.3, 0.4) is 0 Å². The van der Waals surface area contributed by atoms with E-state index < -0.39 is 17.8 Å². The maximum absolute atomic E-state index is 13.0. The number of anilines is 2. The number of benzene rings is 2. The lowest BCUT2D eigenvalue weighted by atomic mass is 10.1. The smallest absolute Gasteiger partial charge is 0.369 e. The van der Waals surface area contributed by atoms with Crippen molar-refractivity contribution in [3.8, 4) is 0 Å². The largest absolute Gasteiger partial charge is 0.416 e. The van der Waals surface area contributed by atoms with Gasteiger partial charge in [-0.25, -0.2) is 4.90 Å². The number of alkyl halides is 3. The summed E-state index contributed by atoms with van der Waals surface area (Å²) >= 11 is 0. The first-order chi connectivity index (χ1) is 14.2. The van der Waals surface area contributed by atoms with Crippen molar-refractivity contribution in [3.63, 3.8) is 0 Å². The van der Waals surface area contributed by atoms with Crippen molar-refractivity contribution in [1.82, 2.24) is 4.90 Å². The Bertz CT molecular complexity index is 968. The summed E-state index contributed by atoms with van der Waals surface area (Å²) in [5.74, 6) is -0.464. The number of piperazine rings is 1. The molecule has 158 valence electrons. The van der Waals surface area contributed by atoms with Crippen LogP contribution in [0.1, 0.15) is 17.5 Å². The van der Waals surface area contributed by atoms with E-state index in [1.807, 2.05) is 34.9 Å². The zero-order valence-electron chi connectivity index (χ0n) is 16.5. The number of imide groups is 1. The van der Waals surface area contributed by atoms with Crippen LogP contribution in [0, 0.1) is 6.92 Å². The lowest BCUT2D eigenvalue weighted by Crippen LogP contribution is -2.52. The average molecular weight is 417 g/mol. The summed E-state index contributed by atoms with van der Waals surface area (Å²) in [6.45, 7) is 3.88. The maximum Gasteiger partial charge on any atom is 0.416 e. The van der Waals surface area contributed by atoms with Crippen LogP contribution in [0.2, 0.25) is 0 Å². The van der Waals surface area contributed by atoms with Crippen LogP contribution in [0.5, 0.6) is 0 Å². The van der Waals surface area contributed by atoms with Gasteiger partial charge in [-0.15, -0.1) is 0 Å². The number of nitrogens with zero attached hydrogens (tertiary/aromatic N) is 3. The Kier molecular flexibility index (Phi) is 5.27. The molecule has 2 aromatic carbocycles. The molecule has 0 bridgehead atoms. The third-order valence-corrected chi connectivity index (χ3v) is 5.68. The molecule has 4 rings (SSSR count). The van der Waals surface area contributed by atoms with E-state index in [0.717, 1.165) is 17.7 Å². The first-order valence-corrected chi connectivity index (χ1v) is 9.84. The molecule has 0 aromatic heterocycles. The second kappa shape index (κ2) is 7.75. The molecule has 0 N–H and O–H groups in total. The minimum atomic E-state index is -4.38. The summed E-state index contributed by atoms with van der Waals surface area (Å²) in [6.07, 6.45) is -4.26. The van der Waals surface area contributed by atoms with Gasteiger partial charge in [-0.1, -0.05) is 18.2 Å². The van der Waals surface area contributed by atoms with Gasteiger partial charge >= 0.3 is 6.18 Å². The highest BCUT2D eigenvalue weighted by Gasteiger charge is 2.43. The van der Waals surface area contributed by atoms with E-state index in [-0.39, 0.29) is 18.2 Å². The molecule has 2 aromatic rings. The van der Waals surface area contributed by atoms with Gasteiger partial charge in [-0.2, -0.15) is 13.2 Å². The monoisotopic (exact) mass is 417 g/mol. The van der Waals surface area contributed by atoms with Gasteiger partial charge in [0.25, 0.3) is 5.91 Å². The van der Waals surface area contributed by atoms with E-state index >= 15 is 0 Å². The summed E-state index contributed by atoms with van der Waals surface area (Å²) in [7, 11) is 0. The summed E-state index contributed by atoms with van der Waals surface area (Å²) in [4.78, 5) is 30.6. The Morgan fingerprint density at radius 2 is 1.57 bits per heavy atom. The zero-order chi connectivity index (χ0) is 21.5. The van der Waals surface area contributed by atoms with Crippen LogP contribution in [-0.2, 0) is 15.8 Å². The van der Waals surface area contributed by atoms with Crippen molar-refractivity contribution in [2.45, 2.75) is 25.6 Å². The SMILES string of the molecule is Cc1cccc(N2C(=O)C[C@@H](N3CCN(c4cccc(C(F)(F)F)c4)CC3)C2=O)c1. The molecule has 2 saturated heterocycles. The molecule has 8 heteroatoms. The van der Waals surface area contributed by atoms with Crippen LogP contribution in [0.15, 0.2) is 48.5 Å². The van der Waals surface area contributed by atoms with Gasteiger partial charge in [0.15, 0.2) is 0 Å². The summed E-state index contributed by atoms with van der Waals surface area (Å²) in [6, 6.07) is 12.0. The highest BCUT2D eigenvalue weighted by atomic mass is 19.4. The summed E-state index contributed by atoms with van der Waals surface area (Å²) in [5.41, 5.74) is 1.38. The van der Waals surface area contributed by atoms with E-state index in [2.05, 4.69) is 0 Å². The predicted molar refractivity (Wildman–Crippen MR) is 107 cm³/mol. The van der Waals surface area contributed by atoms with Crippen LogP contribution in [0.25, 0.3) is 0 Å². The molecule has 0 unspecified atom stereocenters. The predicted octanol–water partition coefficient (Wildman–Crippen LogP) is 3.47. The Balaban J connectivity index is 1.44. The molecule has 2 aliphatic rings. The lowest BCUT2D eigenvalue weighted by molar-refractivity contribution is -0.137. The lowest BCUT2D eigenvalue weighted by Gasteiger charge is -2.38. The van der Waals surface area contributed by atoms with Crippen molar-refractivity contribution in [2.75, 3.05) is 36.0 Å². The van der Waals surface area contributed by atoms with E-state index in [9.17, 15) is 22.8 Å². The van der Waals surface area contributed by atoms with Gasteiger partial charge in [0.2, 0.25) is 5.91 Å². The van der Waals surface area contributed by atoms with E-state index in [0.29, 0.717) is 37.6 Å². The molecule has 5 nitrogen and oxygen atoms in total. The first kappa shape index (κ1) is 20.4. The number of carbonyl (C=O) groups is 2. The van der Waals surface area contributed by atoms with E-state index in [1.165, 1.54) is 11.0 Å². The minimum absolute atomic E-state index is 0.121. The molecular weight excluding hydrogens is 395 g/mol. The van der Waals surface area contributed by atoms with Gasteiger partial charge < -0.3 is 4.90 Å². The van der Waals surface area contributed by atoms with Crippen molar-refractivity contribution in [1.29, 1.82) is 0 Å². The Labute approximate surface area is 172 Å². The quantitative estimate of drug-likeness (QED) is 0.718. The Morgan fingerprint density at radius 1 is 0.900 bits per heavy atom. The van der Waals surface area contributed by atoms with Gasteiger partial charge in [-0.05, 0) is 42.8 Å². The Morgan fingerprint density at radius 3 is 2.23 bits per heavy atom. The first-order valence-electron chi connectivity index (χ1n) is 9.84. The van der Waals surface area contributed by atoms with Gasteiger partial charge in [-0.3, -0.25) is 14.5 Å². The van der Waals surface area contributed by atoms with Crippen molar-refractivity contribution >= 4 is 23.2 Å². The average Bonchev–Trinajstić information content (AvgIpc) is 3.01. The number of aryl methyl sites for hydroxylation is 1. The number of carbonyl (C=O) groups excluding carboxylic acids is 2. The second-order valence-corrected chi connectivity index (χ2v) is 7.70. The molecule has 2 fully saturated rings. The van der Waals surface area contributed by atoms with Crippen molar-refractivity contribution in [2.24, 2.45) is 0 Å². The maximum atomic E-state index is 13.0. The molecule has 0 radical (unpaired) electrons. The molecule has 2 aliphatic heterocycles. The summed E-state index contributed by atoms with van der Waals surface area (Å²) < 4.78 is 38.9. The number of halogens is 3. The standard InChI is InChI=1S/C22H22F3N3O2/c1-15-4-2-7-18(12-15)28-20(29)14-19(21(28)30)27-10-8-26(9-11-27)17-6-3-5-16(13-17)22(23,24)25/h2-7,12-13,19H,8-11,14H2,1H3/t19-/m1/s1. The van der Waals surface area contributed by atoms with Gasteiger partial charge in [0.1, 0.15) is 0 Å². The molecule has 2 amide bonds. The molecule has 1 atom stereocenters. The fraction of sp³-hybridized carbons (Fsp3) is 0.364. The van der Waals surface area contributed by atoms with Crippen molar-refractivity contribution in [3.05, 3.63) is 59.7 Å². The molecule has 0 saturated carbocycles. The van der Waals surface area contributed by atoms with Crippen LogP contribution in [-0.4, -0.2) is 48.9 Å². The number of amides is 2. The third-order valence-electron chi connectivity index (χ3n) is 5.68. The van der Waals surface area contributed by atoms with E-state index in [1.54, 1.807) is 12.1 Å². The van der Waals surface area contributed by atoms with Gasteiger partial charge in [0, 0.05) is 31.9 Å². The topological polar surface area (TPSA) is 43.9 Å². The fourth-order valence-corrected chi connectivity index (χ4v) is 4.11. The highest BCUT2D eigenvalue weighted by Crippen LogP contribution is 2.32. The minimum Gasteiger partial charge on any atom is -0.369 e. The number of hydrogen-bond acceptors (Lipinski definition) is 4. The number of rotatable bonds is 3. The molecule has 2 heterocycles.